The van der Waals surface area contributed by atoms with Gasteiger partial charge in [-0.2, -0.15) is 0 Å². The topological polar surface area (TPSA) is 84.5 Å². The van der Waals surface area contributed by atoms with Crippen LogP contribution in [0.1, 0.15) is 12.8 Å². The summed E-state index contributed by atoms with van der Waals surface area (Å²) < 4.78 is 29.0. The van der Waals surface area contributed by atoms with Crippen molar-refractivity contribution >= 4 is 23.5 Å². The van der Waals surface area contributed by atoms with E-state index in [0.29, 0.717) is 43.1 Å². The van der Waals surface area contributed by atoms with Crippen molar-refractivity contribution in [2.24, 2.45) is 16.6 Å². The number of carbonyl (C=O) groups is 1. The normalized spacial score (nSPS) is 24.2. The number of fused-ring (bicyclic) bond motifs is 1. The second-order valence-corrected chi connectivity index (χ2v) is 8.86. The molecule has 4 aliphatic rings. The van der Waals surface area contributed by atoms with E-state index in [2.05, 4.69) is 21.9 Å². The van der Waals surface area contributed by atoms with Gasteiger partial charge >= 0.3 is 0 Å². The van der Waals surface area contributed by atoms with Crippen LogP contribution in [-0.4, -0.2) is 84.4 Å². The van der Waals surface area contributed by atoms with Crippen molar-refractivity contribution in [2.75, 3.05) is 56.2 Å². The number of pyridine rings is 1. The van der Waals surface area contributed by atoms with E-state index in [-0.39, 0.29) is 11.8 Å². The smallest absolute Gasteiger partial charge is 0.225 e. The molecule has 11 heteroatoms. The lowest BCUT2D eigenvalue weighted by atomic mass is 9.94. The van der Waals surface area contributed by atoms with Gasteiger partial charge in [-0.25, -0.2) is 18.8 Å². The molecule has 9 nitrogen and oxygen atoms in total. The molecule has 1 amide bonds. The molecule has 1 unspecified atom stereocenters. The number of aromatic nitrogens is 1. The Morgan fingerprint density at radius 1 is 1.09 bits per heavy atom. The maximum absolute atomic E-state index is 15.1. The predicted molar refractivity (Wildman–Crippen MR) is 121 cm³/mol. The van der Waals surface area contributed by atoms with E-state index in [1.165, 1.54) is 23.6 Å². The zero-order chi connectivity index (χ0) is 23.1. The number of piperazine rings is 1. The van der Waals surface area contributed by atoms with Gasteiger partial charge in [-0.1, -0.05) is 0 Å². The highest BCUT2D eigenvalue weighted by molar-refractivity contribution is 5.80. The van der Waals surface area contributed by atoms with Crippen molar-refractivity contribution in [3.05, 3.63) is 42.1 Å². The first-order chi connectivity index (χ1) is 15.9. The van der Waals surface area contributed by atoms with Crippen LogP contribution in [0.2, 0.25) is 0 Å². The van der Waals surface area contributed by atoms with Crippen molar-refractivity contribution in [1.82, 2.24) is 19.8 Å². The Bertz CT molecular complexity index is 1010. The van der Waals surface area contributed by atoms with E-state index < -0.39 is 17.8 Å². The Labute approximate surface area is 191 Å². The fourth-order valence-electron chi connectivity index (χ4n) is 4.87. The van der Waals surface area contributed by atoms with Crippen molar-refractivity contribution < 1.29 is 13.6 Å². The van der Waals surface area contributed by atoms with Gasteiger partial charge in [0.05, 0.1) is 24.8 Å². The monoisotopic (exact) mass is 458 g/mol. The SMILES string of the molecule is CN1CCN(C(=O)C2CCN(c3c(F)cncc3N3C(N)C=C4N=CC(F)=CN43)CC2)CC1. The number of halogens is 2. The highest BCUT2D eigenvalue weighted by atomic mass is 19.1. The molecule has 0 bridgehead atoms. The van der Waals surface area contributed by atoms with Gasteiger partial charge < -0.3 is 20.4 Å². The van der Waals surface area contributed by atoms with E-state index >= 15 is 4.39 Å². The van der Waals surface area contributed by atoms with Gasteiger partial charge in [0, 0.05) is 45.2 Å². The summed E-state index contributed by atoms with van der Waals surface area (Å²) in [6.07, 6.45) is 7.39. The van der Waals surface area contributed by atoms with Gasteiger partial charge in [-0.3, -0.25) is 14.8 Å². The van der Waals surface area contributed by atoms with Crippen LogP contribution in [0, 0.1) is 11.7 Å². The molecule has 1 atom stereocenters. The third-order valence-corrected chi connectivity index (χ3v) is 6.71. The minimum absolute atomic E-state index is 0.0613. The van der Waals surface area contributed by atoms with Gasteiger partial charge in [0.25, 0.3) is 0 Å². The van der Waals surface area contributed by atoms with Crippen molar-refractivity contribution in [3.63, 3.8) is 0 Å². The molecule has 1 aromatic heterocycles. The minimum Gasteiger partial charge on any atom is -0.367 e. The molecule has 0 aromatic carbocycles. The number of carbonyl (C=O) groups excluding carboxylic acids is 1. The molecule has 0 saturated carbocycles. The van der Waals surface area contributed by atoms with Crippen molar-refractivity contribution in [1.29, 1.82) is 0 Å². The van der Waals surface area contributed by atoms with E-state index in [1.807, 2.05) is 9.80 Å². The number of anilines is 2. The maximum Gasteiger partial charge on any atom is 0.225 e. The van der Waals surface area contributed by atoms with E-state index in [0.717, 1.165) is 32.4 Å². The average Bonchev–Trinajstić information content (AvgIpc) is 3.14. The molecule has 5 rings (SSSR count). The fraction of sp³-hybridized carbons (Fsp3) is 0.500. The largest absolute Gasteiger partial charge is 0.367 e. The molecule has 0 aliphatic carbocycles. The van der Waals surface area contributed by atoms with Gasteiger partial charge in [0.2, 0.25) is 5.91 Å². The number of amides is 1. The summed E-state index contributed by atoms with van der Waals surface area (Å²) in [5.74, 6) is -0.410. The van der Waals surface area contributed by atoms with Crippen LogP contribution in [0.15, 0.2) is 41.3 Å². The number of hydrazine groups is 1. The molecule has 2 N–H and O–H groups in total. The molecular formula is C22H28F2N8O. The predicted octanol–water partition coefficient (Wildman–Crippen LogP) is 1.27. The number of likely N-dealkylation sites (N-methyl/N-ethyl adjacent to an activating group) is 1. The van der Waals surface area contributed by atoms with Crippen molar-refractivity contribution in [3.8, 4) is 0 Å². The molecule has 1 aromatic rings. The Hall–Kier alpha value is -3.05. The Morgan fingerprint density at radius 2 is 1.82 bits per heavy atom. The van der Waals surface area contributed by atoms with Crippen LogP contribution in [0.3, 0.4) is 0 Å². The highest BCUT2D eigenvalue weighted by Crippen LogP contribution is 2.39. The first kappa shape index (κ1) is 21.8. The summed E-state index contributed by atoms with van der Waals surface area (Å²) in [6, 6.07) is 0. The van der Waals surface area contributed by atoms with Crippen LogP contribution in [-0.2, 0) is 4.79 Å². The van der Waals surface area contributed by atoms with Crippen LogP contribution < -0.4 is 15.6 Å². The lowest BCUT2D eigenvalue weighted by molar-refractivity contribution is -0.137. The summed E-state index contributed by atoms with van der Waals surface area (Å²) in [5, 5.41) is 3.06. The van der Waals surface area contributed by atoms with Crippen LogP contribution in [0.25, 0.3) is 0 Å². The molecule has 176 valence electrons. The molecular weight excluding hydrogens is 430 g/mol. The zero-order valence-corrected chi connectivity index (χ0v) is 18.6. The molecule has 2 saturated heterocycles. The minimum atomic E-state index is -0.655. The molecule has 2 fully saturated rings. The summed E-state index contributed by atoms with van der Waals surface area (Å²) in [7, 11) is 2.06. The summed E-state index contributed by atoms with van der Waals surface area (Å²) >= 11 is 0. The Balaban J connectivity index is 1.33. The first-order valence-corrected chi connectivity index (χ1v) is 11.3. The highest BCUT2D eigenvalue weighted by Gasteiger charge is 2.36. The lowest BCUT2D eigenvalue weighted by Crippen LogP contribution is -2.51. The van der Waals surface area contributed by atoms with Gasteiger partial charge in [-0.05, 0) is 26.0 Å². The lowest BCUT2D eigenvalue weighted by Gasteiger charge is -2.40. The third kappa shape index (κ3) is 4.06. The maximum atomic E-state index is 15.1. The van der Waals surface area contributed by atoms with Crippen LogP contribution in [0.5, 0.6) is 0 Å². The average molecular weight is 459 g/mol. The summed E-state index contributed by atoms with van der Waals surface area (Å²) in [5.41, 5.74) is 7.06. The number of nitrogens with two attached hydrogens (primary N) is 1. The second kappa shape index (κ2) is 8.71. The van der Waals surface area contributed by atoms with Crippen molar-refractivity contribution in [2.45, 2.75) is 19.0 Å². The number of aliphatic imine (C=N–C) groups is 1. The van der Waals surface area contributed by atoms with Gasteiger partial charge in [-0.15, -0.1) is 0 Å². The van der Waals surface area contributed by atoms with Crippen LogP contribution in [0.4, 0.5) is 20.2 Å². The van der Waals surface area contributed by atoms with E-state index in [4.69, 9.17) is 5.73 Å². The number of nitrogens with zero attached hydrogens (tertiary/aromatic N) is 7. The third-order valence-electron chi connectivity index (χ3n) is 6.71. The summed E-state index contributed by atoms with van der Waals surface area (Å²) in [4.78, 5) is 27.2. The fourth-order valence-corrected chi connectivity index (χ4v) is 4.87. The quantitative estimate of drug-likeness (QED) is 0.730. The Kier molecular flexibility index (Phi) is 5.75. The number of rotatable bonds is 3. The van der Waals surface area contributed by atoms with E-state index in [9.17, 15) is 9.18 Å². The standard InChI is InChI=1S/C22H28F2N8O/c1-28-6-8-30(9-7-28)22(33)15-2-4-29(5-3-15)21-17(24)12-26-13-18(21)32-19(25)10-20-27-11-16(23)14-31(20)32/h10-15,19H,2-9,25H2,1H3. The molecule has 0 spiro atoms. The number of hydrogen-bond donors (Lipinski definition) is 1. The first-order valence-electron chi connectivity index (χ1n) is 11.3. The second-order valence-electron chi connectivity index (χ2n) is 8.86. The number of allylic oxidation sites excluding steroid dienone is 1. The molecule has 33 heavy (non-hydrogen) atoms. The number of piperidine rings is 1. The van der Waals surface area contributed by atoms with E-state index in [1.54, 1.807) is 11.1 Å². The van der Waals surface area contributed by atoms with Gasteiger partial charge in [0.1, 0.15) is 17.5 Å². The van der Waals surface area contributed by atoms with Crippen LogP contribution >= 0.6 is 0 Å². The van der Waals surface area contributed by atoms with Gasteiger partial charge in [0.15, 0.2) is 17.5 Å². The molecule has 5 heterocycles. The Morgan fingerprint density at radius 3 is 2.55 bits per heavy atom. The summed E-state index contributed by atoms with van der Waals surface area (Å²) in [6.45, 7) is 4.34. The zero-order valence-electron chi connectivity index (χ0n) is 18.6. The molecule has 4 aliphatic heterocycles. The molecule has 0 radical (unpaired) electrons. The number of hydrogen-bond acceptors (Lipinski definition) is 8.